The van der Waals surface area contributed by atoms with Crippen molar-refractivity contribution < 1.29 is 15.0 Å². The fraction of sp³-hybridized carbons (Fsp3) is 0.286. The molecule has 4 heteroatoms. The van der Waals surface area contributed by atoms with Crippen LogP contribution in [0, 0.1) is 0 Å². The number of nitrogens with zero attached hydrogens (tertiary/aromatic N) is 1. The van der Waals surface area contributed by atoms with Crippen LogP contribution in [0.2, 0.25) is 0 Å². The van der Waals surface area contributed by atoms with E-state index in [2.05, 4.69) is 4.98 Å². The second-order valence-corrected chi connectivity index (χ2v) is 5.26. The van der Waals surface area contributed by atoms with E-state index in [1.54, 1.807) is 24.3 Å². The van der Waals surface area contributed by atoms with Crippen LogP contribution >= 0.6 is 0 Å². The predicted molar refractivity (Wildman–Crippen MR) is 69.1 cm³/mol. The van der Waals surface area contributed by atoms with Crippen LogP contribution in [0.4, 0.5) is 0 Å². The summed E-state index contributed by atoms with van der Waals surface area (Å²) in [5, 5.41) is 19.9. The van der Waals surface area contributed by atoms with Crippen molar-refractivity contribution in [1.82, 2.24) is 4.98 Å². The zero-order valence-corrected chi connectivity index (χ0v) is 10.6. The number of fused-ring (bicyclic) bond motifs is 1. The van der Waals surface area contributed by atoms with Gasteiger partial charge in [-0.05, 0) is 6.07 Å². The Morgan fingerprint density at radius 1 is 1.22 bits per heavy atom. The SMILES string of the molecule is CC(C)(C)c1nc2ccccc2c(C(=O)O)c1O. The van der Waals surface area contributed by atoms with Crippen LogP contribution in [-0.4, -0.2) is 21.2 Å². The molecule has 2 aromatic rings. The molecule has 0 fully saturated rings. The highest BCUT2D eigenvalue weighted by Crippen LogP contribution is 2.35. The van der Waals surface area contributed by atoms with Crippen LogP contribution in [0.15, 0.2) is 24.3 Å². The molecule has 0 amide bonds. The number of carboxylic acids is 1. The molecule has 0 saturated heterocycles. The molecule has 4 nitrogen and oxygen atoms in total. The first-order valence-electron chi connectivity index (χ1n) is 5.68. The van der Waals surface area contributed by atoms with Gasteiger partial charge >= 0.3 is 5.97 Å². The Bertz CT molecular complexity index is 627. The van der Waals surface area contributed by atoms with Gasteiger partial charge in [-0.3, -0.25) is 0 Å². The van der Waals surface area contributed by atoms with Crippen molar-refractivity contribution in [3.63, 3.8) is 0 Å². The van der Waals surface area contributed by atoms with E-state index in [0.29, 0.717) is 16.6 Å². The van der Waals surface area contributed by atoms with E-state index in [-0.39, 0.29) is 11.3 Å². The van der Waals surface area contributed by atoms with Crippen LogP contribution in [0.1, 0.15) is 36.8 Å². The molecule has 0 atom stereocenters. The minimum atomic E-state index is -1.14. The molecule has 0 saturated carbocycles. The quantitative estimate of drug-likeness (QED) is 0.810. The van der Waals surface area contributed by atoms with Gasteiger partial charge in [0.1, 0.15) is 5.56 Å². The van der Waals surface area contributed by atoms with E-state index in [1.165, 1.54) is 0 Å². The highest BCUT2D eigenvalue weighted by atomic mass is 16.4. The number of rotatable bonds is 1. The molecule has 2 rings (SSSR count). The highest BCUT2D eigenvalue weighted by Gasteiger charge is 2.26. The summed E-state index contributed by atoms with van der Waals surface area (Å²) in [7, 11) is 0. The van der Waals surface area contributed by atoms with Gasteiger partial charge in [0.05, 0.1) is 11.2 Å². The number of carbonyl (C=O) groups is 1. The third-order valence-corrected chi connectivity index (χ3v) is 2.79. The molecule has 0 radical (unpaired) electrons. The lowest BCUT2D eigenvalue weighted by atomic mass is 9.89. The van der Waals surface area contributed by atoms with Gasteiger partial charge in [0.25, 0.3) is 0 Å². The first-order valence-corrected chi connectivity index (χ1v) is 5.68. The number of hydrogen-bond acceptors (Lipinski definition) is 3. The molecule has 94 valence electrons. The maximum absolute atomic E-state index is 11.3. The summed E-state index contributed by atoms with van der Waals surface area (Å²) in [6.07, 6.45) is 0. The maximum atomic E-state index is 11.3. The molecular formula is C14H15NO3. The Morgan fingerprint density at radius 3 is 2.39 bits per heavy atom. The summed E-state index contributed by atoms with van der Waals surface area (Å²) < 4.78 is 0. The van der Waals surface area contributed by atoms with Crippen LogP contribution in [0.3, 0.4) is 0 Å². The van der Waals surface area contributed by atoms with Crippen molar-refractivity contribution in [2.45, 2.75) is 26.2 Å². The van der Waals surface area contributed by atoms with Crippen molar-refractivity contribution in [3.8, 4) is 5.75 Å². The van der Waals surface area contributed by atoms with Crippen LogP contribution < -0.4 is 0 Å². The number of para-hydroxylation sites is 1. The second kappa shape index (κ2) is 3.98. The van der Waals surface area contributed by atoms with Crippen molar-refractivity contribution in [3.05, 3.63) is 35.5 Å². The Morgan fingerprint density at radius 2 is 1.83 bits per heavy atom. The molecule has 1 aromatic heterocycles. The lowest BCUT2D eigenvalue weighted by molar-refractivity contribution is 0.0695. The van der Waals surface area contributed by atoms with E-state index >= 15 is 0 Å². The number of pyridine rings is 1. The first-order chi connectivity index (χ1) is 8.32. The zero-order chi connectivity index (χ0) is 13.5. The predicted octanol–water partition coefficient (Wildman–Crippen LogP) is 2.94. The molecule has 0 aliphatic carbocycles. The Balaban J connectivity index is 2.93. The smallest absolute Gasteiger partial charge is 0.340 e. The van der Waals surface area contributed by atoms with Crippen LogP contribution in [0.25, 0.3) is 10.9 Å². The fourth-order valence-electron chi connectivity index (χ4n) is 1.94. The van der Waals surface area contributed by atoms with Gasteiger partial charge in [0.15, 0.2) is 5.75 Å². The minimum absolute atomic E-state index is 0.0782. The van der Waals surface area contributed by atoms with Gasteiger partial charge in [-0.1, -0.05) is 39.0 Å². The topological polar surface area (TPSA) is 70.4 Å². The second-order valence-electron chi connectivity index (χ2n) is 5.26. The van der Waals surface area contributed by atoms with Crippen molar-refractivity contribution >= 4 is 16.9 Å². The molecule has 1 heterocycles. The summed E-state index contributed by atoms with van der Waals surface area (Å²) in [5.41, 5.74) is 0.486. The largest absolute Gasteiger partial charge is 0.505 e. The molecular weight excluding hydrogens is 230 g/mol. The van der Waals surface area contributed by atoms with Gasteiger partial charge in [0.2, 0.25) is 0 Å². The molecule has 0 unspecified atom stereocenters. The lowest BCUT2D eigenvalue weighted by Crippen LogP contribution is -2.16. The molecule has 0 spiro atoms. The third-order valence-electron chi connectivity index (χ3n) is 2.79. The summed E-state index contributed by atoms with van der Waals surface area (Å²) in [4.78, 5) is 15.7. The summed E-state index contributed by atoms with van der Waals surface area (Å²) >= 11 is 0. The highest BCUT2D eigenvalue weighted by molar-refractivity contribution is 6.05. The van der Waals surface area contributed by atoms with E-state index in [9.17, 15) is 15.0 Å². The van der Waals surface area contributed by atoms with Crippen molar-refractivity contribution in [2.24, 2.45) is 0 Å². The van der Waals surface area contributed by atoms with E-state index < -0.39 is 11.4 Å². The number of hydrogen-bond donors (Lipinski definition) is 2. The summed E-state index contributed by atoms with van der Waals surface area (Å²) in [5.74, 6) is -1.38. The zero-order valence-electron chi connectivity index (χ0n) is 10.6. The van der Waals surface area contributed by atoms with E-state index in [4.69, 9.17) is 0 Å². The van der Waals surface area contributed by atoms with E-state index in [1.807, 2.05) is 20.8 Å². The number of carboxylic acid groups (broad SMARTS) is 1. The Hall–Kier alpha value is -2.10. The monoisotopic (exact) mass is 245 g/mol. The molecule has 0 bridgehead atoms. The normalized spacial score (nSPS) is 11.7. The fourth-order valence-corrected chi connectivity index (χ4v) is 1.94. The first kappa shape index (κ1) is 12.4. The molecule has 1 aromatic carbocycles. The molecule has 0 aliphatic heterocycles. The number of benzene rings is 1. The Kier molecular flexibility index (Phi) is 2.73. The van der Waals surface area contributed by atoms with Crippen LogP contribution in [0.5, 0.6) is 5.75 Å². The molecule has 0 aliphatic rings. The van der Waals surface area contributed by atoms with Gasteiger partial charge in [-0.2, -0.15) is 0 Å². The molecule has 2 N–H and O–H groups in total. The lowest BCUT2D eigenvalue weighted by Gasteiger charge is -2.21. The van der Waals surface area contributed by atoms with Crippen LogP contribution in [-0.2, 0) is 5.41 Å². The number of aromatic carboxylic acids is 1. The average molecular weight is 245 g/mol. The van der Waals surface area contributed by atoms with Gasteiger partial charge < -0.3 is 10.2 Å². The molecule has 18 heavy (non-hydrogen) atoms. The van der Waals surface area contributed by atoms with Crippen molar-refractivity contribution in [2.75, 3.05) is 0 Å². The standard InChI is InChI=1S/C14H15NO3/c1-14(2,3)12-11(16)10(13(17)18)8-6-4-5-7-9(8)15-12/h4-7,16H,1-3H3,(H,17,18). The van der Waals surface area contributed by atoms with Gasteiger partial charge in [-0.15, -0.1) is 0 Å². The average Bonchev–Trinajstić information content (AvgIpc) is 2.26. The number of aromatic nitrogens is 1. The summed E-state index contributed by atoms with van der Waals surface area (Å²) in [6.45, 7) is 5.65. The Labute approximate surface area is 105 Å². The third kappa shape index (κ3) is 1.90. The van der Waals surface area contributed by atoms with E-state index in [0.717, 1.165) is 0 Å². The summed E-state index contributed by atoms with van der Waals surface area (Å²) in [6, 6.07) is 6.92. The minimum Gasteiger partial charge on any atom is -0.505 e. The van der Waals surface area contributed by atoms with Crippen molar-refractivity contribution in [1.29, 1.82) is 0 Å². The maximum Gasteiger partial charge on any atom is 0.340 e. The number of aromatic hydroxyl groups is 1. The van der Waals surface area contributed by atoms with Gasteiger partial charge in [-0.25, -0.2) is 9.78 Å². The van der Waals surface area contributed by atoms with Gasteiger partial charge in [0, 0.05) is 10.8 Å².